The third-order valence-corrected chi connectivity index (χ3v) is 2.00. The van der Waals surface area contributed by atoms with Gasteiger partial charge < -0.3 is 0 Å². The van der Waals surface area contributed by atoms with Crippen LogP contribution in [0.3, 0.4) is 0 Å². The third kappa shape index (κ3) is 2.29. The van der Waals surface area contributed by atoms with E-state index in [1.54, 1.807) is 6.92 Å². The van der Waals surface area contributed by atoms with Crippen LogP contribution in [0, 0.1) is 11.3 Å². The highest BCUT2D eigenvalue weighted by Gasteiger charge is 2.29. The van der Waals surface area contributed by atoms with Gasteiger partial charge >= 0.3 is 0 Å². The van der Waals surface area contributed by atoms with Crippen LogP contribution in [0.2, 0.25) is 0 Å². The number of hydrogen-bond acceptors (Lipinski definition) is 1. The number of rotatable bonds is 3. The van der Waals surface area contributed by atoms with Gasteiger partial charge in [-0.25, -0.2) is 8.78 Å². The van der Waals surface area contributed by atoms with Gasteiger partial charge in [0.15, 0.2) is 0 Å². The lowest BCUT2D eigenvalue weighted by Gasteiger charge is -2.15. The molecule has 0 fully saturated rings. The summed E-state index contributed by atoms with van der Waals surface area (Å²) < 4.78 is 26.6. The number of alkyl halides is 2. The van der Waals surface area contributed by atoms with Crippen molar-refractivity contribution >= 4 is 0 Å². The Kier molecular flexibility index (Phi) is 3.19. The fraction of sp³-hybridized carbons (Fsp3) is 0.364. The maximum absolute atomic E-state index is 13.3. The molecule has 0 amide bonds. The second-order valence-corrected chi connectivity index (χ2v) is 3.14. The first kappa shape index (κ1) is 10.6. The molecule has 0 bridgehead atoms. The lowest BCUT2D eigenvalue weighted by molar-refractivity contribution is -0.0140. The van der Waals surface area contributed by atoms with Crippen LogP contribution in [0.25, 0.3) is 0 Å². The van der Waals surface area contributed by atoms with Gasteiger partial charge in [0.25, 0.3) is 5.92 Å². The van der Waals surface area contributed by atoms with Crippen LogP contribution in [-0.2, 0) is 5.92 Å². The first-order chi connectivity index (χ1) is 6.60. The Morgan fingerprint density at radius 1 is 1.29 bits per heavy atom. The first-order valence-corrected chi connectivity index (χ1v) is 4.48. The molecule has 1 rings (SSSR count). The summed E-state index contributed by atoms with van der Waals surface area (Å²) in [4.78, 5) is 0. The maximum Gasteiger partial charge on any atom is 0.273 e. The maximum atomic E-state index is 13.3. The van der Waals surface area contributed by atoms with Crippen LogP contribution in [0.5, 0.6) is 0 Å². The Bertz CT molecular complexity index is 335. The zero-order valence-corrected chi connectivity index (χ0v) is 7.93. The van der Waals surface area contributed by atoms with Crippen molar-refractivity contribution in [3.8, 4) is 6.07 Å². The zero-order chi connectivity index (χ0) is 10.6. The van der Waals surface area contributed by atoms with Gasteiger partial charge in [0.05, 0.1) is 11.6 Å². The molecular formula is C11H11F2N. The van der Waals surface area contributed by atoms with Crippen LogP contribution in [0.15, 0.2) is 24.3 Å². The largest absolute Gasteiger partial charge is 0.273 e. The van der Waals surface area contributed by atoms with E-state index in [2.05, 4.69) is 0 Å². The van der Waals surface area contributed by atoms with Gasteiger partial charge in [0.2, 0.25) is 0 Å². The van der Waals surface area contributed by atoms with E-state index in [1.807, 2.05) is 6.07 Å². The molecule has 0 unspecified atom stereocenters. The highest BCUT2D eigenvalue weighted by molar-refractivity contribution is 5.33. The van der Waals surface area contributed by atoms with Gasteiger partial charge in [0.1, 0.15) is 0 Å². The summed E-state index contributed by atoms with van der Waals surface area (Å²) in [5.74, 6) is -2.78. The molecule has 3 heteroatoms. The topological polar surface area (TPSA) is 23.8 Å². The average Bonchev–Trinajstić information content (AvgIpc) is 2.18. The van der Waals surface area contributed by atoms with Crippen molar-refractivity contribution in [2.75, 3.05) is 0 Å². The molecule has 0 saturated carbocycles. The van der Waals surface area contributed by atoms with Gasteiger partial charge in [-0.3, -0.25) is 0 Å². The van der Waals surface area contributed by atoms with E-state index in [9.17, 15) is 8.78 Å². The molecular weight excluding hydrogens is 184 g/mol. The summed E-state index contributed by atoms with van der Waals surface area (Å²) in [6.07, 6.45) is 0.284. The van der Waals surface area contributed by atoms with Gasteiger partial charge in [-0.2, -0.15) is 5.26 Å². The van der Waals surface area contributed by atoms with Crippen molar-refractivity contribution in [3.05, 3.63) is 35.4 Å². The van der Waals surface area contributed by atoms with Gasteiger partial charge in [-0.15, -0.1) is 0 Å². The fourth-order valence-corrected chi connectivity index (χ4v) is 1.25. The van der Waals surface area contributed by atoms with Crippen molar-refractivity contribution in [2.24, 2.45) is 0 Å². The predicted molar refractivity (Wildman–Crippen MR) is 50.0 cm³/mol. The molecule has 0 aliphatic heterocycles. The van der Waals surface area contributed by atoms with E-state index in [4.69, 9.17) is 5.26 Å². The summed E-state index contributed by atoms with van der Waals surface area (Å²) in [7, 11) is 0. The lowest BCUT2D eigenvalue weighted by atomic mass is 10.0. The molecule has 1 nitrogen and oxygen atoms in total. The van der Waals surface area contributed by atoms with Crippen LogP contribution in [-0.4, -0.2) is 0 Å². The predicted octanol–water partition coefficient (Wildman–Crippen LogP) is 3.45. The molecule has 14 heavy (non-hydrogen) atoms. The van der Waals surface area contributed by atoms with E-state index in [0.29, 0.717) is 12.0 Å². The molecule has 0 radical (unpaired) electrons. The summed E-state index contributed by atoms with van der Waals surface area (Å²) in [5, 5.41) is 8.50. The van der Waals surface area contributed by atoms with Crippen LogP contribution >= 0.6 is 0 Å². The second kappa shape index (κ2) is 4.19. The molecule has 0 aromatic heterocycles. The van der Waals surface area contributed by atoms with Crippen LogP contribution in [0.4, 0.5) is 8.78 Å². The third-order valence-electron chi connectivity index (χ3n) is 2.00. The van der Waals surface area contributed by atoms with Crippen molar-refractivity contribution in [3.63, 3.8) is 0 Å². The molecule has 0 aliphatic carbocycles. The van der Waals surface area contributed by atoms with E-state index >= 15 is 0 Å². The van der Waals surface area contributed by atoms with E-state index in [1.165, 1.54) is 24.3 Å². The summed E-state index contributed by atoms with van der Waals surface area (Å²) >= 11 is 0. The molecule has 1 aromatic carbocycles. The van der Waals surface area contributed by atoms with Crippen molar-refractivity contribution in [1.82, 2.24) is 0 Å². The molecule has 0 saturated heterocycles. The lowest BCUT2D eigenvalue weighted by Crippen LogP contribution is -2.12. The Morgan fingerprint density at radius 2 is 1.86 bits per heavy atom. The van der Waals surface area contributed by atoms with Crippen LogP contribution in [0.1, 0.15) is 30.9 Å². The molecule has 0 N–H and O–H groups in total. The Labute approximate surface area is 82.0 Å². The number of hydrogen-bond donors (Lipinski definition) is 0. The standard InChI is InChI=1S/C11H11F2N/c1-2-7-11(12,13)10-5-3-9(8-14)4-6-10/h3-6H,2,7H2,1H3. The number of halogens is 2. The smallest absolute Gasteiger partial charge is 0.201 e. The van der Waals surface area contributed by atoms with E-state index in [0.717, 1.165) is 0 Å². The normalized spacial score (nSPS) is 11.0. The highest BCUT2D eigenvalue weighted by atomic mass is 19.3. The molecule has 74 valence electrons. The Balaban J connectivity index is 2.92. The van der Waals surface area contributed by atoms with Gasteiger partial charge in [-0.1, -0.05) is 25.5 Å². The quantitative estimate of drug-likeness (QED) is 0.724. The SMILES string of the molecule is CCCC(F)(F)c1ccc(C#N)cc1. The van der Waals surface area contributed by atoms with E-state index < -0.39 is 5.92 Å². The van der Waals surface area contributed by atoms with Crippen molar-refractivity contribution < 1.29 is 8.78 Å². The molecule has 0 aliphatic rings. The Hall–Kier alpha value is -1.43. The number of benzene rings is 1. The molecule has 0 atom stereocenters. The van der Waals surface area contributed by atoms with Crippen molar-refractivity contribution in [1.29, 1.82) is 5.26 Å². The highest BCUT2D eigenvalue weighted by Crippen LogP contribution is 2.32. The minimum Gasteiger partial charge on any atom is -0.201 e. The number of nitriles is 1. The first-order valence-electron chi connectivity index (χ1n) is 4.48. The fourth-order valence-electron chi connectivity index (χ4n) is 1.25. The van der Waals surface area contributed by atoms with Gasteiger partial charge in [-0.05, 0) is 12.1 Å². The van der Waals surface area contributed by atoms with Crippen LogP contribution < -0.4 is 0 Å². The Morgan fingerprint density at radius 3 is 2.29 bits per heavy atom. The van der Waals surface area contributed by atoms with E-state index in [-0.39, 0.29) is 12.0 Å². The number of nitrogens with zero attached hydrogens (tertiary/aromatic N) is 1. The monoisotopic (exact) mass is 195 g/mol. The molecule has 1 aromatic rings. The minimum atomic E-state index is -2.78. The zero-order valence-electron chi connectivity index (χ0n) is 7.93. The second-order valence-electron chi connectivity index (χ2n) is 3.14. The van der Waals surface area contributed by atoms with Crippen molar-refractivity contribution in [2.45, 2.75) is 25.7 Å². The minimum absolute atomic E-state index is 0.0154. The average molecular weight is 195 g/mol. The molecule has 0 spiro atoms. The summed E-state index contributed by atoms with van der Waals surface area (Å²) in [5.41, 5.74) is 0.388. The summed E-state index contributed by atoms with van der Waals surface area (Å²) in [6.45, 7) is 1.72. The molecule has 0 heterocycles. The van der Waals surface area contributed by atoms with Gasteiger partial charge in [0, 0.05) is 12.0 Å². The summed E-state index contributed by atoms with van der Waals surface area (Å²) in [6, 6.07) is 7.35.